The van der Waals surface area contributed by atoms with Gasteiger partial charge in [-0.25, -0.2) is 0 Å². The van der Waals surface area contributed by atoms with Crippen molar-refractivity contribution in [1.82, 2.24) is 0 Å². The summed E-state index contributed by atoms with van der Waals surface area (Å²) in [7, 11) is -2.85. The standard InChI is InChI=1S/ClO3.N3.2Na/c2-1(3)4;1-3-2;;/q2*-1;2*+1. The number of halogens is 1. The van der Waals surface area contributed by atoms with E-state index in [-0.39, 0.29) is 59.1 Å². The van der Waals surface area contributed by atoms with Crippen molar-refractivity contribution in [2.75, 3.05) is 0 Å². The molecular formula is ClN3Na2O3. The summed E-state index contributed by atoms with van der Waals surface area (Å²) in [5.74, 6) is 0. The first kappa shape index (κ1) is 22.4. The van der Waals surface area contributed by atoms with Crippen molar-refractivity contribution in [3.05, 3.63) is 16.0 Å². The molecule has 42 valence electrons. The molecule has 0 atom stereocenters. The van der Waals surface area contributed by atoms with Gasteiger partial charge in [-0.1, -0.05) is 0 Å². The second-order valence-corrected chi connectivity index (χ2v) is 0.656. The topological polar surface area (TPSA) is 128 Å². The van der Waals surface area contributed by atoms with Crippen molar-refractivity contribution >= 4 is 0 Å². The van der Waals surface area contributed by atoms with Crippen molar-refractivity contribution < 1.29 is 83.9 Å². The minimum Gasteiger partial charge on any atom is -0.373 e. The van der Waals surface area contributed by atoms with Crippen LogP contribution in [0.3, 0.4) is 0 Å². The predicted molar refractivity (Wildman–Crippen MR) is 10.1 cm³/mol. The fourth-order valence-corrected chi connectivity index (χ4v) is 0. The van der Waals surface area contributed by atoms with Gasteiger partial charge >= 0.3 is 59.1 Å². The van der Waals surface area contributed by atoms with Gasteiger partial charge in [0.15, 0.2) is 0 Å². The predicted octanol–water partition coefficient (Wildman–Crippen LogP) is -8.69. The zero-order valence-corrected chi connectivity index (χ0v) is 9.70. The van der Waals surface area contributed by atoms with Crippen LogP contribution >= 0.6 is 0 Å². The van der Waals surface area contributed by atoms with Crippen LogP contribution in [0.15, 0.2) is 0 Å². The van der Waals surface area contributed by atoms with Crippen LogP contribution in [-0.2, 0) is 0 Å². The zero-order valence-electron chi connectivity index (χ0n) is 4.94. The fraction of sp³-hybridized carbons (Fsp3) is 0. The molecule has 6 nitrogen and oxygen atoms in total. The summed E-state index contributed by atoms with van der Waals surface area (Å²) in [6.45, 7) is 0. The third-order valence-electron chi connectivity index (χ3n) is 0. The van der Waals surface area contributed by atoms with E-state index >= 15 is 0 Å². The zero-order chi connectivity index (χ0) is 6.28. The van der Waals surface area contributed by atoms with Crippen molar-refractivity contribution in [2.45, 2.75) is 0 Å². The van der Waals surface area contributed by atoms with Crippen LogP contribution < -0.4 is 73.1 Å². The summed E-state index contributed by atoms with van der Waals surface area (Å²) in [5, 5.41) is 0. The van der Waals surface area contributed by atoms with Crippen LogP contribution in [0.1, 0.15) is 0 Å². The van der Waals surface area contributed by atoms with E-state index in [1.54, 1.807) is 0 Å². The Hall–Kier alpha value is 1.48. The van der Waals surface area contributed by atoms with E-state index in [0.717, 1.165) is 0 Å². The summed E-state index contributed by atoms with van der Waals surface area (Å²) < 4.78 is 25.2. The van der Waals surface area contributed by atoms with E-state index < -0.39 is 10.8 Å². The van der Waals surface area contributed by atoms with E-state index in [4.69, 9.17) is 25.0 Å². The molecular weight excluding hydrogens is 171 g/mol. The minimum absolute atomic E-state index is 0. The van der Waals surface area contributed by atoms with Gasteiger partial charge in [-0.2, -0.15) is 0 Å². The van der Waals surface area contributed by atoms with Gasteiger partial charge in [-0.05, 0) is 0 Å². The third-order valence-corrected chi connectivity index (χ3v) is 0. The number of hydrogen-bond acceptors (Lipinski definition) is 3. The number of nitrogens with zero attached hydrogens (tertiary/aromatic N) is 3. The first-order chi connectivity index (χ1) is 3.15. The van der Waals surface area contributed by atoms with Crippen molar-refractivity contribution in [2.24, 2.45) is 0 Å². The quantitative estimate of drug-likeness (QED) is 0.155. The van der Waals surface area contributed by atoms with E-state index in [2.05, 4.69) is 0 Å². The third kappa shape index (κ3) is 242. The van der Waals surface area contributed by atoms with E-state index in [0.29, 0.717) is 0 Å². The van der Waals surface area contributed by atoms with Gasteiger partial charge in [0, 0.05) is 0 Å². The van der Waals surface area contributed by atoms with Gasteiger partial charge in [0.2, 0.25) is 0 Å². The molecule has 0 aromatic heterocycles. The first-order valence-corrected chi connectivity index (χ1v) is 1.79. The van der Waals surface area contributed by atoms with Gasteiger partial charge < -0.3 is 25.0 Å². The molecule has 0 aliphatic heterocycles. The number of rotatable bonds is 0. The molecule has 0 rings (SSSR count). The average Bonchev–Trinajstić information content (AvgIpc) is 1.33. The summed E-state index contributed by atoms with van der Waals surface area (Å²) in [4.78, 5) is 1.50. The molecule has 0 aliphatic rings. The Morgan fingerprint density at radius 1 is 1.00 bits per heavy atom. The van der Waals surface area contributed by atoms with Crippen molar-refractivity contribution in [1.29, 1.82) is 0 Å². The molecule has 9 heavy (non-hydrogen) atoms. The van der Waals surface area contributed by atoms with Gasteiger partial charge in [0.25, 0.3) is 0 Å². The van der Waals surface area contributed by atoms with Gasteiger partial charge in [0.05, 0.1) is 10.8 Å². The van der Waals surface area contributed by atoms with Crippen molar-refractivity contribution in [3.8, 4) is 0 Å². The second-order valence-electron chi connectivity index (χ2n) is 0.278. The molecule has 0 saturated heterocycles. The van der Waals surface area contributed by atoms with Gasteiger partial charge in [-0.15, -0.1) is 0 Å². The summed E-state index contributed by atoms with van der Waals surface area (Å²) in [6.07, 6.45) is 0. The Morgan fingerprint density at radius 3 is 1.00 bits per heavy atom. The molecule has 0 saturated carbocycles. The molecule has 0 amide bonds. The Bertz CT molecular complexity index is 59.3. The van der Waals surface area contributed by atoms with E-state index in [1.807, 2.05) is 0 Å². The Labute approximate surface area is 98.6 Å². The largest absolute Gasteiger partial charge is 1.00 e. The first-order valence-electron chi connectivity index (χ1n) is 0.863. The molecule has 9 heteroatoms. The molecule has 0 aliphatic carbocycles. The Kier molecular flexibility index (Phi) is 56.6. The minimum atomic E-state index is -2.85. The maximum atomic E-state index is 8.41. The summed E-state index contributed by atoms with van der Waals surface area (Å²) in [5.41, 5.74) is 13.5. The van der Waals surface area contributed by atoms with Crippen LogP contribution in [0.2, 0.25) is 0 Å². The van der Waals surface area contributed by atoms with Crippen LogP contribution in [0.5, 0.6) is 0 Å². The maximum absolute atomic E-state index is 8.41. The smallest absolute Gasteiger partial charge is 0.373 e. The fourth-order valence-electron chi connectivity index (χ4n) is 0. The summed E-state index contributed by atoms with van der Waals surface area (Å²) in [6, 6.07) is 0. The normalized spacial score (nSPS) is 4.89. The van der Waals surface area contributed by atoms with E-state index in [9.17, 15) is 0 Å². The monoisotopic (exact) mass is 171 g/mol. The SMILES string of the molecule is [N-]=[N+]=[N-].[Na+].[Na+].[O-][Cl+2]([O-])[O-]. The van der Waals surface area contributed by atoms with Gasteiger partial charge in [0.1, 0.15) is 0 Å². The van der Waals surface area contributed by atoms with Crippen molar-refractivity contribution in [3.63, 3.8) is 0 Å². The Balaban J connectivity index is -0.0000000233. The van der Waals surface area contributed by atoms with Crippen LogP contribution in [0.4, 0.5) is 0 Å². The number of hydrogen-bond donors (Lipinski definition) is 0. The van der Waals surface area contributed by atoms with Crippen LogP contribution in [-0.4, -0.2) is 0 Å². The van der Waals surface area contributed by atoms with Crippen LogP contribution in [0, 0.1) is 10.8 Å². The Morgan fingerprint density at radius 2 is 1.00 bits per heavy atom. The molecule has 0 aromatic rings. The maximum Gasteiger partial charge on any atom is 1.00 e. The molecule has 0 bridgehead atoms. The molecule has 0 fully saturated rings. The molecule has 0 radical (unpaired) electrons. The summed E-state index contributed by atoms with van der Waals surface area (Å²) >= 11 is 0. The van der Waals surface area contributed by atoms with Gasteiger partial charge in [-0.3, -0.25) is 4.91 Å². The molecule has 0 heterocycles. The molecule has 0 N–H and O–H groups in total. The van der Waals surface area contributed by atoms with E-state index in [1.165, 1.54) is 4.91 Å². The average molecular weight is 171 g/mol. The molecule has 0 aromatic carbocycles. The molecule has 0 spiro atoms. The second kappa shape index (κ2) is 22.7. The van der Waals surface area contributed by atoms with Crippen LogP contribution in [0.25, 0.3) is 16.0 Å². The molecule has 0 unspecified atom stereocenters.